The van der Waals surface area contributed by atoms with Gasteiger partial charge in [-0.15, -0.1) is 0 Å². The number of nitrogens with zero attached hydrogens (tertiary/aromatic N) is 2. The molecular formula is C32H28N2O4. The van der Waals surface area contributed by atoms with Gasteiger partial charge in [0.15, 0.2) is 0 Å². The molecule has 0 spiro atoms. The van der Waals surface area contributed by atoms with Gasteiger partial charge in [-0.05, 0) is 78.6 Å². The third-order valence-corrected chi connectivity index (χ3v) is 6.05. The van der Waals surface area contributed by atoms with E-state index >= 15 is 0 Å². The van der Waals surface area contributed by atoms with E-state index in [0.29, 0.717) is 46.0 Å². The molecule has 0 aliphatic rings. The number of carbonyl (C=O) groups excluding carboxylic acids is 1. The maximum Gasteiger partial charge on any atom is 0.343 e. The van der Waals surface area contributed by atoms with Crippen LogP contribution >= 0.6 is 0 Å². The van der Waals surface area contributed by atoms with Crippen molar-refractivity contribution in [2.75, 3.05) is 6.61 Å². The summed E-state index contributed by atoms with van der Waals surface area (Å²) in [6, 6.07) is 27.0. The van der Waals surface area contributed by atoms with Crippen LogP contribution in [0.1, 0.15) is 46.8 Å². The highest BCUT2D eigenvalue weighted by molar-refractivity contribution is 5.95. The molecule has 4 rings (SSSR count). The molecule has 0 fully saturated rings. The Bertz CT molecular complexity index is 1480. The van der Waals surface area contributed by atoms with Crippen LogP contribution in [-0.4, -0.2) is 23.9 Å². The Balaban J connectivity index is 1.44. The number of esters is 1. The van der Waals surface area contributed by atoms with E-state index in [1.165, 1.54) is 0 Å². The molecule has 0 saturated heterocycles. The fraction of sp³-hybridized carbons (Fsp3) is 0.156. The predicted molar refractivity (Wildman–Crippen MR) is 148 cm³/mol. The van der Waals surface area contributed by atoms with E-state index in [4.69, 9.17) is 14.7 Å². The van der Waals surface area contributed by atoms with Crippen molar-refractivity contribution in [1.82, 2.24) is 0 Å². The molecule has 0 amide bonds. The van der Waals surface area contributed by atoms with Crippen molar-refractivity contribution in [3.8, 4) is 34.4 Å². The average molecular weight is 505 g/mol. The summed E-state index contributed by atoms with van der Waals surface area (Å²) in [5.74, 6) is 0.619. The maximum atomic E-state index is 12.9. The zero-order valence-electron chi connectivity index (χ0n) is 21.3. The summed E-state index contributed by atoms with van der Waals surface area (Å²) in [5, 5.41) is 19.3. The van der Waals surface area contributed by atoms with Gasteiger partial charge in [-0.1, -0.05) is 43.7 Å². The molecule has 190 valence electrons. The minimum Gasteiger partial charge on any atom is -0.507 e. The van der Waals surface area contributed by atoms with Crippen molar-refractivity contribution >= 4 is 17.9 Å². The zero-order chi connectivity index (χ0) is 26.9. The number of hydrogen-bond donors (Lipinski definition) is 1. The highest BCUT2D eigenvalue weighted by Gasteiger charge is 2.14. The number of carbonyl (C=O) groups is 1. The fourth-order valence-electron chi connectivity index (χ4n) is 3.79. The van der Waals surface area contributed by atoms with Gasteiger partial charge in [-0.25, -0.2) is 4.79 Å². The fourth-order valence-corrected chi connectivity index (χ4v) is 3.79. The third kappa shape index (κ3) is 6.45. The van der Waals surface area contributed by atoms with Gasteiger partial charge < -0.3 is 14.6 Å². The number of nitriles is 1. The highest BCUT2D eigenvalue weighted by atomic mass is 16.5. The predicted octanol–water partition coefficient (Wildman–Crippen LogP) is 7.39. The first kappa shape index (κ1) is 26.2. The first-order valence-electron chi connectivity index (χ1n) is 12.4. The molecule has 38 heavy (non-hydrogen) atoms. The molecule has 0 radical (unpaired) electrons. The SMILES string of the molecule is CCCCOc1ccc(C=Nc2cccc(C(=O)Oc3ccc(-c4ccc(C#N)cc4)cc3)c2C)c(O)c1. The summed E-state index contributed by atoms with van der Waals surface area (Å²) in [7, 11) is 0. The number of aliphatic imine (C=N–C) groups is 1. The van der Waals surface area contributed by atoms with Crippen LogP contribution in [0.3, 0.4) is 0 Å². The quantitative estimate of drug-likeness (QED) is 0.111. The van der Waals surface area contributed by atoms with Crippen LogP contribution in [0.15, 0.2) is 89.9 Å². The Kier molecular flexibility index (Phi) is 8.53. The number of benzene rings is 4. The van der Waals surface area contributed by atoms with E-state index < -0.39 is 5.97 Å². The molecule has 1 N–H and O–H groups in total. The van der Waals surface area contributed by atoms with Gasteiger partial charge in [0.25, 0.3) is 0 Å². The van der Waals surface area contributed by atoms with Crippen LogP contribution in [0.5, 0.6) is 17.2 Å². The topological polar surface area (TPSA) is 91.9 Å². The molecule has 0 atom stereocenters. The van der Waals surface area contributed by atoms with Gasteiger partial charge in [0.1, 0.15) is 17.2 Å². The van der Waals surface area contributed by atoms with E-state index in [-0.39, 0.29) is 5.75 Å². The van der Waals surface area contributed by atoms with Crippen molar-refractivity contribution in [2.45, 2.75) is 26.7 Å². The molecule has 0 aromatic heterocycles. The van der Waals surface area contributed by atoms with Gasteiger partial charge in [0, 0.05) is 17.8 Å². The van der Waals surface area contributed by atoms with Gasteiger partial charge in [0.2, 0.25) is 0 Å². The summed E-state index contributed by atoms with van der Waals surface area (Å²) >= 11 is 0. The maximum absolute atomic E-state index is 12.9. The Labute approximate surface area is 222 Å². The third-order valence-electron chi connectivity index (χ3n) is 6.05. The Morgan fingerprint density at radius 3 is 2.32 bits per heavy atom. The second kappa shape index (κ2) is 12.4. The summed E-state index contributed by atoms with van der Waals surface area (Å²) in [6.45, 7) is 4.50. The lowest BCUT2D eigenvalue weighted by molar-refractivity contribution is 0.0734. The van der Waals surface area contributed by atoms with Gasteiger partial charge >= 0.3 is 5.97 Å². The molecule has 0 aliphatic carbocycles. The summed E-state index contributed by atoms with van der Waals surface area (Å²) in [5.41, 5.74) is 4.73. The lowest BCUT2D eigenvalue weighted by Crippen LogP contribution is -2.10. The summed E-state index contributed by atoms with van der Waals surface area (Å²) in [4.78, 5) is 17.4. The average Bonchev–Trinajstić information content (AvgIpc) is 2.94. The lowest BCUT2D eigenvalue weighted by atomic mass is 10.0. The minimum absolute atomic E-state index is 0.0698. The van der Waals surface area contributed by atoms with Crippen molar-refractivity contribution in [1.29, 1.82) is 5.26 Å². The van der Waals surface area contributed by atoms with E-state index in [9.17, 15) is 9.90 Å². The van der Waals surface area contributed by atoms with Crippen molar-refractivity contribution in [3.05, 3.63) is 107 Å². The molecule has 6 heteroatoms. The van der Waals surface area contributed by atoms with Crippen molar-refractivity contribution < 1.29 is 19.4 Å². The van der Waals surface area contributed by atoms with E-state index in [2.05, 4.69) is 18.0 Å². The van der Waals surface area contributed by atoms with E-state index in [1.807, 2.05) is 31.2 Å². The van der Waals surface area contributed by atoms with E-state index in [1.54, 1.807) is 66.9 Å². The number of phenols is 1. The molecule has 6 nitrogen and oxygen atoms in total. The molecule has 0 heterocycles. The lowest BCUT2D eigenvalue weighted by Gasteiger charge is -2.10. The summed E-state index contributed by atoms with van der Waals surface area (Å²) in [6.07, 6.45) is 3.55. The zero-order valence-corrected chi connectivity index (χ0v) is 21.3. The van der Waals surface area contributed by atoms with Crippen molar-refractivity contribution in [3.63, 3.8) is 0 Å². The molecule has 0 unspecified atom stereocenters. The number of hydrogen-bond acceptors (Lipinski definition) is 6. The first-order chi connectivity index (χ1) is 18.5. The van der Waals surface area contributed by atoms with Gasteiger partial charge in [-0.3, -0.25) is 4.99 Å². The molecule has 0 aliphatic heterocycles. The molecule has 0 bridgehead atoms. The number of rotatable bonds is 9. The second-order valence-corrected chi connectivity index (χ2v) is 8.73. The van der Waals surface area contributed by atoms with Crippen LogP contribution in [-0.2, 0) is 0 Å². The molecule has 4 aromatic carbocycles. The number of unbranched alkanes of at least 4 members (excludes halogenated alkanes) is 1. The first-order valence-corrected chi connectivity index (χ1v) is 12.4. The number of phenolic OH excluding ortho intramolecular Hbond substituents is 1. The molecule has 4 aromatic rings. The van der Waals surface area contributed by atoms with Gasteiger partial charge in [0.05, 0.1) is 29.5 Å². The second-order valence-electron chi connectivity index (χ2n) is 8.73. The van der Waals surface area contributed by atoms with Gasteiger partial charge in [-0.2, -0.15) is 5.26 Å². The van der Waals surface area contributed by atoms with Crippen LogP contribution in [0, 0.1) is 18.3 Å². The smallest absolute Gasteiger partial charge is 0.343 e. The molecule has 0 saturated carbocycles. The van der Waals surface area contributed by atoms with Crippen LogP contribution < -0.4 is 9.47 Å². The normalized spacial score (nSPS) is 10.8. The monoisotopic (exact) mass is 504 g/mol. The molecular weight excluding hydrogens is 476 g/mol. The number of ether oxygens (including phenoxy) is 2. The van der Waals surface area contributed by atoms with E-state index in [0.717, 1.165) is 24.0 Å². The van der Waals surface area contributed by atoms with Crippen LogP contribution in [0.25, 0.3) is 11.1 Å². The largest absolute Gasteiger partial charge is 0.507 e. The minimum atomic E-state index is -0.484. The summed E-state index contributed by atoms with van der Waals surface area (Å²) < 4.78 is 11.2. The Hall–Kier alpha value is -4.89. The van der Waals surface area contributed by atoms with Crippen LogP contribution in [0.4, 0.5) is 5.69 Å². The Morgan fingerprint density at radius 2 is 1.66 bits per heavy atom. The number of aromatic hydroxyl groups is 1. The van der Waals surface area contributed by atoms with Crippen LogP contribution in [0.2, 0.25) is 0 Å². The Morgan fingerprint density at radius 1 is 0.974 bits per heavy atom. The van der Waals surface area contributed by atoms with Crippen molar-refractivity contribution in [2.24, 2.45) is 4.99 Å². The standard InChI is InChI=1S/C32H28N2O4/c1-3-4-18-37-28-17-14-26(31(35)19-28)21-34-30-7-5-6-29(22(30)2)32(36)38-27-15-12-25(13-16-27)24-10-8-23(20-33)9-11-24/h5-17,19,21,35H,3-4,18H2,1-2H3. The highest BCUT2D eigenvalue weighted by Crippen LogP contribution is 2.27.